The number of nitrogens with one attached hydrogen (secondary N) is 1. The van der Waals surface area contributed by atoms with Crippen LogP contribution in [0.3, 0.4) is 0 Å². The van der Waals surface area contributed by atoms with E-state index >= 15 is 0 Å². The fourth-order valence-electron chi connectivity index (χ4n) is 3.78. The summed E-state index contributed by atoms with van der Waals surface area (Å²) in [4.78, 5) is 27.4. The van der Waals surface area contributed by atoms with Crippen molar-refractivity contribution in [2.75, 3.05) is 5.32 Å². The summed E-state index contributed by atoms with van der Waals surface area (Å²) in [5, 5.41) is 14.6. The number of benzene rings is 2. The molecule has 0 unspecified atom stereocenters. The molecular weight excluding hydrogens is 390 g/mol. The highest BCUT2D eigenvalue weighted by molar-refractivity contribution is 6.31. The van der Waals surface area contributed by atoms with Gasteiger partial charge in [-0.2, -0.15) is 0 Å². The Morgan fingerprint density at radius 1 is 1.14 bits per heavy atom. The van der Waals surface area contributed by atoms with Crippen molar-refractivity contribution < 1.29 is 14.7 Å². The van der Waals surface area contributed by atoms with E-state index in [-0.39, 0.29) is 12.5 Å². The lowest BCUT2D eigenvalue weighted by atomic mass is 9.98. The molecule has 0 saturated heterocycles. The predicted octanol–water partition coefficient (Wildman–Crippen LogP) is 4.86. The lowest BCUT2D eigenvalue weighted by Gasteiger charge is -2.09. The van der Waals surface area contributed by atoms with Gasteiger partial charge >= 0.3 is 5.97 Å². The molecule has 0 aliphatic rings. The summed E-state index contributed by atoms with van der Waals surface area (Å²) < 4.78 is 1.77. The molecule has 6 nitrogen and oxygen atoms in total. The second-order valence-electron chi connectivity index (χ2n) is 6.87. The van der Waals surface area contributed by atoms with Gasteiger partial charge in [0.25, 0.3) is 0 Å². The number of carbonyl (C=O) groups excluding carboxylic acids is 1. The quantitative estimate of drug-likeness (QED) is 0.506. The molecule has 2 N–H and O–H groups in total. The Morgan fingerprint density at radius 3 is 2.66 bits per heavy atom. The summed E-state index contributed by atoms with van der Waals surface area (Å²) in [5.41, 5.74) is 4.85. The number of carbonyl (C=O) groups is 2. The second-order valence-corrected chi connectivity index (χ2v) is 7.31. The summed E-state index contributed by atoms with van der Waals surface area (Å²) in [6.07, 6.45) is 1.71. The van der Waals surface area contributed by atoms with Crippen molar-refractivity contribution in [3.8, 4) is 11.1 Å². The molecule has 29 heavy (non-hydrogen) atoms. The lowest BCUT2D eigenvalue weighted by molar-refractivity contribution is -0.137. The van der Waals surface area contributed by atoms with Crippen LogP contribution in [0, 0.1) is 6.92 Å². The number of anilines is 1. The van der Waals surface area contributed by atoms with Gasteiger partial charge in [0.15, 0.2) is 0 Å². The van der Waals surface area contributed by atoms with Crippen molar-refractivity contribution in [2.24, 2.45) is 0 Å². The number of hydrogen-bond donors (Lipinski definition) is 2. The standard InChI is InChI=1S/C22H18ClN3O3/c1-12-22(17-7-8-24-19-9-14(23)3-5-16(17)19)18-10-15(25-13(2)27)4-6-20(18)26(12)11-21(28)29/h3-10H,11H2,1-2H3,(H,25,27)(H,28,29). The average molecular weight is 408 g/mol. The molecule has 2 heterocycles. The Hall–Kier alpha value is -3.38. The van der Waals surface area contributed by atoms with E-state index in [4.69, 9.17) is 11.6 Å². The van der Waals surface area contributed by atoms with Crippen molar-refractivity contribution in [2.45, 2.75) is 20.4 Å². The first-order chi connectivity index (χ1) is 13.8. The van der Waals surface area contributed by atoms with Crippen LogP contribution >= 0.6 is 11.6 Å². The third kappa shape index (κ3) is 3.43. The normalized spacial score (nSPS) is 11.1. The summed E-state index contributed by atoms with van der Waals surface area (Å²) in [6, 6.07) is 12.9. The first kappa shape index (κ1) is 19.0. The molecule has 0 fully saturated rings. The van der Waals surface area contributed by atoms with Crippen molar-refractivity contribution in [3.05, 3.63) is 59.4 Å². The number of rotatable bonds is 4. The second kappa shape index (κ2) is 7.22. The summed E-state index contributed by atoms with van der Waals surface area (Å²) in [5.74, 6) is -1.09. The van der Waals surface area contributed by atoms with Crippen LogP contribution in [0.1, 0.15) is 12.6 Å². The molecule has 2 aromatic carbocycles. The average Bonchev–Trinajstić information content (AvgIpc) is 2.91. The zero-order chi connectivity index (χ0) is 20.7. The number of carboxylic acid groups (broad SMARTS) is 1. The largest absolute Gasteiger partial charge is 0.480 e. The number of amides is 1. The molecule has 0 bridgehead atoms. The van der Waals surface area contributed by atoms with Gasteiger partial charge in [0.2, 0.25) is 5.91 Å². The van der Waals surface area contributed by atoms with Gasteiger partial charge in [-0.15, -0.1) is 0 Å². The van der Waals surface area contributed by atoms with Gasteiger partial charge in [-0.25, -0.2) is 0 Å². The SMILES string of the molecule is CC(=O)Nc1ccc2c(c1)c(-c1ccnc3cc(Cl)ccc13)c(C)n2CC(=O)O. The molecule has 0 aliphatic heterocycles. The van der Waals surface area contributed by atoms with E-state index in [1.165, 1.54) is 6.92 Å². The van der Waals surface area contributed by atoms with E-state index < -0.39 is 5.97 Å². The number of hydrogen-bond acceptors (Lipinski definition) is 3. The Labute approximate surface area is 171 Å². The minimum atomic E-state index is -0.922. The highest BCUT2D eigenvalue weighted by Gasteiger charge is 2.19. The van der Waals surface area contributed by atoms with E-state index in [0.717, 1.165) is 38.6 Å². The first-order valence-electron chi connectivity index (χ1n) is 9.02. The van der Waals surface area contributed by atoms with Crippen LogP contribution in [0.2, 0.25) is 5.02 Å². The molecule has 0 spiro atoms. The minimum Gasteiger partial charge on any atom is -0.480 e. The Morgan fingerprint density at radius 2 is 1.93 bits per heavy atom. The van der Waals surface area contributed by atoms with Crippen LogP contribution in [-0.2, 0) is 16.1 Å². The maximum absolute atomic E-state index is 11.5. The zero-order valence-electron chi connectivity index (χ0n) is 15.9. The van der Waals surface area contributed by atoms with Crippen molar-refractivity contribution in [3.63, 3.8) is 0 Å². The van der Waals surface area contributed by atoms with Gasteiger partial charge in [-0.1, -0.05) is 17.7 Å². The van der Waals surface area contributed by atoms with E-state index in [1.807, 2.05) is 37.3 Å². The number of fused-ring (bicyclic) bond motifs is 2. The maximum Gasteiger partial charge on any atom is 0.323 e. The fourth-order valence-corrected chi connectivity index (χ4v) is 3.95. The van der Waals surface area contributed by atoms with Crippen LogP contribution in [0.25, 0.3) is 32.9 Å². The van der Waals surface area contributed by atoms with Crippen molar-refractivity contribution in [1.29, 1.82) is 0 Å². The number of halogens is 1. The Kier molecular flexibility index (Phi) is 4.72. The lowest BCUT2D eigenvalue weighted by Crippen LogP contribution is -2.10. The maximum atomic E-state index is 11.5. The van der Waals surface area contributed by atoms with Gasteiger partial charge < -0.3 is 15.0 Å². The fraction of sp³-hybridized carbons (Fsp3) is 0.136. The third-order valence-electron chi connectivity index (χ3n) is 4.91. The monoisotopic (exact) mass is 407 g/mol. The van der Waals surface area contributed by atoms with Crippen molar-refractivity contribution in [1.82, 2.24) is 9.55 Å². The number of aromatic nitrogens is 2. The molecule has 1 amide bonds. The van der Waals surface area contributed by atoms with E-state index in [9.17, 15) is 14.7 Å². The predicted molar refractivity (Wildman–Crippen MR) is 114 cm³/mol. The summed E-state index contributed by atoms with van der Waals surface area (Å²) in [7, 11) is 0. The van der Waals surface area contributed by atoms with Crippen LogP contribution in [-0.4, -0.2) is 26.5 Å². The van der Waals surface area contributed by atoms with Crippen LogP contribution < -0.4 is 5.32 Å². The molecule has 0 atom stereocenters. The molecule has 0 radical (unpaired) electrons. The minimum absolute atomic E-state index is 0.156. The number of carboxylic acids is 1. The number of nitrogens with zero attached hydrogens (tertiary/aromatic N) is 2. The molecule has 4 rings (SSSR count). The van der Waals surface area contributed by atoms with E-state index in [1.54, 1.807) is 22.9 Å². The summed E-state index contributed by atoms with van der Waals surface area (Å²) >= 11 is 6.12. The van der Waals surface area contributed by atoms with Gasteiger partial charge in [0.05, 0.1) is 5.52 Å². The molecule has 2 aromatic heterocycles. The summed E-state index contributed by atoms with van der Waals surface area (Å²) in [6.45, 7) is 3.20. The van der Waals surface area contributed by atoms with Crippen LogP contribution in [0.4, 0.5) is 5.69 Å². The van der Waals surface area contributed by atoms with Gasteiger partial charge in [0, 0.05) is 51.4 Å². The smallest absolute Gasteiger partial charge is 0.323 e. The number of pyridine rings is 1. The van der Waals surface area contributed by atoms with E-state index in [2.05, 4.69) is 10.3 Å². The number of aliphatic carboxylic acids is 1. The van der Waals surface area contributed by atoms with Crippen LogP contribution in [0.15, 0.2) is 48.7 Å². The molecular formula is C22H18ClN3O3. The molecule has 0 saturated carbocycles. The van der Waals surface area contributed by atoms with Gasteiger partial charge in [-0.3, -0.25) is 14.6 Å². The van der Waals surface area contributed by atoms with Crippen molar-refractivity contribution >= 4 is 51.0 Å². The zero-order valence-corrected chi connectivity index (χ0v) is 16.6. The molecule has 4 aromatic rings. The third-order valence-corrected chi connectivity index (χ3v) is 5.15. The highest BCUT2D eigenvalue weighted by Crippen LogP contribution is 2.39. The molecule has 7 heteroatoms. The topological polar surface area (TPSA) is 84.2 Å². The van der Waals surface area contributed by atoms with Crippen LogP contribution in [0.5, 0.6) is 0 Å². The highest BCUT2D eigenvalue weighted by atomic mass is 35.5. The Balaban J connectivity index is 2.06. The van der Waals surface area contributed by atoms with E-state index in [0.29, 0.717) is 10.7 Å². The first-order valence-corrected chi connectivity index (χ1v) is 9.40. The molecule has 146 valence electrons. The Bertz CT molecular complexity index is 1290. The van der Waals surface area contributed by atoms with Gasteiger partial charge in [0.1, 0.15) is 6.54 Å². The van der Waals surface area contributed by atoms with Gasteiger partial charge in [-0.05, 0) is 48.9 Å². The molecule has 0 aliphatic carbocycles.